The molecule has 1 aliphatic carbocycles. The fraction of sp³-hybridized carbons (Fsp3) is 0.533. The summed E-state index contributed by atoms with van der Waals surface area (Å²) in [6.45, 7) is 11.1. The summed E-state index contributed by atoms with van der Waals surface area (Å²) < 4.78 is 1.94. The van der Waals surface area contributed by atoms with Crippen molar-refractivity contribution in [1.82, 2.24) is 20.2 Å². The Bertz CT molecular complexity index is 634. The number of benzene rings is 1. The van der Waals surface area contributed by atoms with Crippen LogP contribution in [0.15, 0.2) is 18.2 Å². The maximum absolute atomic E-state index is 6.13. The lowest BCUT2D eigenvalue weighted by Gasteiger charge is -2.10. The van der Waals surface area contributed by atoms with Crippen molar-refractivity contribution in [1.29, 1.82) is 0 Å². The molecule has 2 N–H and O–H groups in total. The third kappa shape index (κ3) is 1.52. The molecule has 2 aromatic rings. The van der Waals surface area contributed by atoms with Crippen LogP contribution in [0.2, 0.25) is 0 Å². The number of hydrogen-bond donors (Lipinski definition) is 1. The van der Waals surface area contributed by atoms with Gasteiger partial charge in [0.2, 0.25) is 0 Å². The molecule has 1 aromatic heterocycles. The topological polar surface area (TPSA) is 69.6 Å². The van der Waals surface area contributed by atoms with E-state index in [1.54, 1.807) is 0 Å². The molecule has 0 spiro atoms. The van der Waals surface area contributed by atoms with Crippen molar-refractivity contribution >= 4 is 5.69 Å². The molecule has 0 saturated heterocycles. The summed E-state index contributed by atoms with van der Waals surface area (Å²) in [5.74, 6) is 0.768. The molecule has 1 fully saturated rings. The van der Waals surface area contributed by atoms with Crippen LogP contribution in [-0.4, -0.2) is 20.2 Å². The van der Waals surface area contributed by atoms with Gasteiger partial charge in [0, 0.05) is 11.3 Å². The highest BCUT2D eigenvalue weighted by atomic mass is 15.6. The summed E-state index contributed by atoms with van der Waals surface area (Å²) >= 11 is 0. The zero-order valence-electron chi connectivity index (χ0n) is 12.7. The average molecular weight is 271 g/mol. The van der Waals surface area contributed by atoms with Gasteiger partial charge in [-0.1, -0.05) is 39.8 Å². The first-order valence-electron chi connectivity index (χ1n) is 6.92. The van der Waals surface area contributed by atoms with Crippen LogP contribution in [0, 0.1) is 17.8 Å². The van der Waals surface area contributed by atoms with Gasteiger partial charge in [-0.3, -0.25) is 0 Å². The second-order valence-electron chi connectivity index (χ2n) is 6.83. The highest BCUT2D eigenvalue weighted by molar-refractivity contribution is 5.74. The Labute approximate surface area is 119 Å². The van der Waals surface area contributed by atoms with Crippen molar-refractivity contribution in [3.63, 3.8) is 0 Å². The van der Waals surface area contributed by atoms with E-state index in [0.29, 0.717) is 6.04 Å². The van der Waals surface area contributed by atoms with Gasteiger partial charge in [-0.15, -0.1) is 5.10 Å². The van der Waals surface area contributed by atoms with E-state index in [2.05, 4.69) is 43.2 Å². The predicted molar refractivity (Wildman–Crippen MR) is 79.0 cm³/mol. The second-order valence-corrected chi connectivity index (χ2v) is 6.83. The van der Waals surface area contributed by atoms with Crippen LogP contribution >= 0.6 is 0 Å². The second kappa shape index (κ2) is 3.81. The molecule has 1 aliphatic rings. The molecule has 5 heteroatoms. The van der Waals surface area contributed by atoms with Crippen LogP contribution in [0.25, 0.3) is 11.4 Å². The summed E-state index contributed by atoms with van der Waals surface area (Å²) in [5.41, 5.74) is 9.23. The number of aromatic nitrogens is 4. The SMILES string of the molecule is Cc1cccc(N)c1-c1nnnn1C1C(C)(C)C1(C)C. The van der Waals surface area contributed by atoms with Crippen molar-refractivity contribution in [3.8, 4) is 11.4 Å². The van der Waals surface area contributed by atoms with Crippen LogP contribution in [0.5, 0.6) is 0 Å². The van der Waals surface area contributed by atoms with Gasteiger partial charge in [0.05, 0.1) is 6.04 Å². The molecule has 0 amide bonds. The molecule has 1 heterocycles. The van der Waals surface area contributed by atoms with Gasteiger partial charge in [-0.25, -0.2) is 4.68 Å². The Morgan fingerprint density at radius 1 is 1.15 bits per heavy atom. The third-order valence-electron chi connectivity index (χ3n) is 5.21. The predicted octanol–water partition coefficient (Wildman–Crippen LogP) is 2.84. The van der Waals surface area contributed by atoms with Gasteiger partial charge in [0.15, 0.2) is 5.82 Å². The van der Waals surface area contributed by atoms with Crippen LogP contribution < -0.4 is 5.73 Å². The molecule has 106 valence electrons. The van der Waals surface area contributed by atoms with Gasteiger partial charge in [-0.2, -0.15) is 0 Å². The Morgan fingerprint density at radius 2 is 1.80 bits per heavy atom. The monoisotopic (exact) mass is 271 g/mol. The van der Waals surface area contributed by atoms with Crippen molar-refractivity contribution < 1.29 is 0 Å². The minimum absolute atomic E-state index is 0.175. The molecule has 1 aromatic carbocycles. The Morgan fingerprint density at radius 3 is 2.35 bits per heavy atom. The molecule has 0 radical (unpaired) electrons. The van der Waals surface area contributed by atoms with Gasteiger partial charge in [-0.05, 0) is 39.8 Å². The van der Waals surface area contributed by atoms with E-state index >= 15 is 0 Å². The Kier molecular flexibility index (Phi) is 2.49. The highest BCUT2D eigenvalue weighted by Crippen LogP contribution is 2.71. The zero-order valence-corrected chi connectivity index (χ0v) is 12.7. The van der Waals surface area contributed by atoms with Crippen LogP contribution in [0.3, 0.4) is 0 Å². The number of rotatable bonds is 2. The van der Waals surface area contributed by atoms with Crippen LogP contribution in [0.4, 0.5) is 5.69 Å². The third-order valence-corrected chi connectivity index (χ3v) is 5.21. The lowest BCUT2D eigenvalue weighted by Crippen LogP contribution is -2.07. The number of anilines is 1. The average Bonchev–Trinajstić information content (AvgIpc) is 2.67. The molecular weight excluding hydrogens is 250 g/mol. The zero-order chi connectivity index (χ0) is 14.7. The highest BCUT2D eigenvalue weighted by Gasteiger charge is 2.67. The quantitative estimate of drug-likeness (QED) is 0.853. The first-order chi connectivity index (χ1) is 9.28. The number of nitrogens with two attached hydrogens (primary N) is 1. The van der Waals surface area contributed by atoms with E-state index in [0.717, 1.165) is 22.6 Å². The maximum Gasteiger partial charge on any atom is 0.184 e. The summed E-state index contributed by atoms with van der Waals surface area (Å²) in [7, 11) is 0. The first-order valence-corrected chi connectivity index (χ1v) is 6.92. The van der Waals surface area contributed by atoms with Crippen LogP contribution in [0.1, 0.15) is 39.3 Å². The Balaban J connectivity index is 2.14. The molecule has 5 nitrogen and oxygen atoms in total. The number of tetrazole rings is 1. The van der Waals surface area contributed by atoms with E-state index in [4.69, 9.17) is 5.73 Å². The van der Waals surface area contributed by atoms with E-state index in [1.165, 1.54) is 0 Å². The smallest absolute Gasteiger partial charge is 0.184 e. The molecule has 0 atom stereocenters. The summed E-state index contributed by atoms with van der Waals surface area (Å²) in [5, 5.41) is 12.3. The fourth-order valence-electron chi connectivity index (χ4n) is 3.30. The van der Waals surface area contributed by atoms with E-state index in [9.17, 15) is 0 Å². The van der Waals surface area contributed by atoms with E-state index in [-0.39, 0.29) is 10.8 Å². The standard InChI is InChI=1S/C15H21N5/c1-9-7-6-8-10(16)11(9)12-17-18-19-20(12)13-14(2,3)15(13,4)5/h6-8,13H,16H2,1-5H3. The number of nitrogens with zero attached hydrogens (tertiary/aromatic N) is 4. The Hall–Kier alpha value is -1.91. The van der Waals surface area contributed by atoms with Gasteiger partial charge >= 0.3 is 0 Å². The van der Waals surface area contributed by atoms with Crippen molar-refractivity contribution in [3.05, 3.63) is 23.8 Å². The molecule has 0 bridgehead atoms. The normalized spacial score (nSPS) is 20.1. The minimum atomic E-state index is 0.175. The summed E-state index contributed by atoms with van der Waals surface area (Å²) in [6.07, 6.45) is 0. The molecule has 1 saturated carbocycles. The molecule has 20 heavy (non-hydrogen) atoms. The molecule has 3 rings (SSSR count). The lowest BCUT2D eigenvalue weighted by atomic mass is 10.0. The maximum atomic E-state index is 6.13. The van der Waals surface area contributed by atoms with Gasteiger partial charge in [0.1, 0.15) is 0 Å². The summed E-state index contributed by atoms with van der Waals surface area (Å²) in [6, 6.07) is 6.17. The fourth-order valence-corrected chi connectivity index (χ4v) is 3.30. The number of nitrogen functional groups attached to an aromatic ring is 1. The number of aryl methyl sites for hydroxylation is 1. The molecule has 0 unspecified atom stereocenters. The van der Waals surface area contributed by atoms with Crippen molar-refractivity contribution in [2.75, 3.05) is 5.73 Å². The van der Waals surface area contributed by atoms with Crippen molar-refractivity contribution in [2.45, 2.75) is 40.7 Å². The minimum Gasteiger partial charge on any atom is -0.398 e. The molecular formula is C15H21N5. The van der Waals surface area contributed by atoms with Crippen LogP contribution in [-0.2, 0) is 0 Å². The van der Waals surface area contributed by atoms with E-state index < -0.39 is 0 Å². The largest absolute Gasteiger partial charge is 0.398 e. The first kappa shape index (κ1) is 13.1. The summed E-state index contributed by atoms with van der Waals surface area (Å²) in [4.78, 5) is 0. The van der Waals surface area contributed by atoms with Crippen molar-refractivity contribution in [2.24, 2.45) is 10.8 Å². The van der Waals surface area contributed by atoms with Gasteiger partial charge in [0.25, 0.3) is 0 Å². The van der Waals surface area contributed by atoms with E-state index in [1.807, 2.05) is 29.8 Å². The number of hydrogen-bond acceptors (Lipinski definition) is 4. The molecule has 0 aliphatic heterocycles. The van der Waals surface area contributed by atoms with Gasteiger partial charge < -0.3 is 5.73 Å². The lowest BCUT2D eigenvalue weighted by molar-refractivity contribution is 0.457.